The average molecular weight is 393 g/mol. The highest BCUT2D eigenvalue weighted by Crippen LogP contribution is 2.69. The highest BCUT2D eigenvalue weighted by molar-refractivity contribution is 5.12. The average Bonchev–Trinajstić information content (AvgIpc) is 3.27. The van der Waals surface area contributed by atoms with Crippen molar-refractivity contribution < 1.29 is 19.7 Å². The molecular formula is C24H40O4. The Morgan fingerprint density at radius 1 is 0.964 bits per heavy atom. The first-order valence-electron chi connectivity index (χ1n) is 11.9. The molecule has 5 rings (SSSR count). The lowest BCUT2D eigenvalue weighted by molar-refractivity contribution is -0.243. The van der Waals surface area contributed by atoms with Gasteiger partial charge in [-0.1, -0.05) is 20.8 Å². The topological polar surface area (TPSA) is 58.9 Å². The molecule has 0 aromatic heterocycles. The van der Waals surface area contributed by atoms with Crippen molar-refractivity contribution in [3.63, 3.8) is 0 Å². The highest BCUT2D eigenvalue weighted by atomic mass is 16.7. The minimum atomic E-state index is -0.352. The molecule has 1 saturated heterocycles. The van der Waals surface area contributed by atoms with Crippen LogP contribution in [0.1, 0.15) is 72.1 Å². The van der Waals surface area contributed by atoms with Gasteiger partial charge in [0, 0.05) is 19.4 Å². The molecule has 28 heavy (non-hydrogen) atoms. The third kappa shape index (κ3) is 2.63. The zero-order valence-corrected chi connectivity index (χ0v) is 18.0. The summed E-state index contributed by atoms with van der Waals surface area (Å²) in [5.74, 6) is 2.82. The second-order valence-corrected chi connectivity index (χ2v) is 11.5. The Hall–Kier alpha value is -0.160. The van der Waals surface area contributed by atoms with Gasteiger partial charge in [-0.15, -0.1) is 0 Å². The molecule has 0 amide bonds. The maximum atomic E-state index is 11.4. The minimum absolute atomic E-state index is 0.188. The van der Waals surface area contributed by atoms with Crippen molar-refractivity contribution in [1.29, 1.82) is 0 Å². The number of rotatable bonds is 2. The normalized spacial score (nSPS) is 53.5. The number of aliphatic hydroxyl groups excluding tert-OH is 2. The predicted molar refractivity (Wildman–Crippen MR) is 107 cm³/mol. The predicted octanol–water partition coefficient (Wildman–Crippen LogP) is 3.99. The summed E-state index contributed by atoms with van der Waals surface area (Å²) in [5, 5.41) is 21.2. The maximum absolute atomic E-state index is 11.4. The Morgan fingerprint density at radius 3 is 2.39 bits per heavy atom. The number of ether oxygens (including phenoxy) is 2. The molecule has 1 spiro atoms. The molecular weight excluding hydrogens is 352 g/mol. The summed E-state index contributed by atoms with van der Waals surface area (Å²) in [5.41, 5.74) is 0.605. The molecule has 0 aromatic carbocycles. The summed E-state index contributed by atoms with van der Waals surface area (Å²) in [7, 11) is 0. The van der Waals surface area contributed by atoms with Crippen LogP contribution in [0, 0.1) is 46.3 Å². The molecule has 9 atom stereocenters. The molecule has 160 valence electrons. The fourth-order valence-electron chi connectivity index (χ4n) is 9.03. The van der Waals surface area contributed by atoms with Crippen LogP contribution in [0.5, 0.6) is 0 Å². The van der Waals surface area contributed by atoms with E-state index in [1.54, 1.807) is 0 Å². The monoisotopic (exact) mass is 392 g/mol. The van der Waals surface area contributed by atoms with Gasteiger partial charge < -0.3 is 19.7 Å². The summed E-state index contributed by atoms with van der Waals surface area (Å²) in [6.07, 6.45) is 8.86. The van der Waals surface area contributed by atoms with E-state index in [9.17, 15) is 10.2 Å². The van der Waals surface area contributed by atoms with Gasteiger partial charge in [0.05, 0.1) is 19.3 Å². The molecule has 4 nitrogen and oxygen atoms in total. The van der Waals surface area contributed by atoms with Gasteiger partial charge in [-0.3, -0.25) is 0 Å². The molecule has 2 N–H and O–H groups in total. The number of hydrogen-bond acceptors (Lipinski definition) is 4. The third-order valence-electron chi connectivity index (χ3n) is 10.5. The Kier molecular flexibility index (Phi) is 4.71. The van der Waals surface area contributed by atoms with Crippen molar-refractivity contribution in [3.05, 3.63) is 0 Å². The van der Waals surface area contributed by atoms with E-state index in [0.717, 1.165) is 32.5 Å². The molecule has 4 unspecified atom stereocenters. The summed E-state index contributed by atoms with van der Waals surface area (Å²) in [4.78, 5) is 0. The van der Waals surface area contributed by atoms with Gasteiger partial charge in [-0.2, -0.15) is 0 Å². The van der Waals surface area contributed by atoms with Gasteiger partial charge in [0.1, 0.15) is 0 Å². The smallest absolute Gasteiger partial charge is 0.168 e. The maximum Gasteiger partial charge on any atom is 0.168 e. The molecule has 4 heteroatoms. The zero-order chi connectivity index (χ0) is 19.7. The van der Waals surface area contributed by atoms with Crippen LogP contribution in [0.3, 0.4) is 0 Å². The molecule has 4 saturated carbocycles. The van der Waals surface area contributed by atoms with Crippen LogP contribution in [0.25, 0.3) is 0 Å². The molecule has 5 fully saturated rings. The molecule has 5 aliphatic rings. The van der Waals surface area contributed by atoms with Gasteiger partial charge in [0.2, 0.25) is 0 Å². The van der Waals surface area contributed by atoms with Crippen molar-refractivity contribution >= 4 is 0 Å². The van der Waals surface area contributed by atoms with E-state index in [4.69, 9.17) is 9.47 Å². The second kappa shape index (κ2) is 6.67. The van der Waals surface area contributed by atoms with Crippen LogP contribution in [0.4, 0.5) is 0 Å². The quantitative estimate of drug-likeness (QED) is 0.746. The Morgan fingerprint density at radius 2 is 1.68 bits per heavy atom. The van der Waals surface area contributed by atoms with Crippen LogP contribution in [-0.4, -0.2) is 41.9 Å². The summed E-state index contributed by atoms with van der Waals surface area (Å²) >= 11 is 0. The lowest BCUT2D eigenvalue weighted by atomic mass is 9.43. The second-order valence-electron chi connectivity index (χ2n) is 11.5. The fourth-order valence-corrected chi connectivity index (χ4v) is 9.03. The van der Waals surface area contributed by atoms with Crippen molar-refractivity contribution in [2.75, 3.05) is 19.8 Å². The Labute approximate surface area is 170 Å². The summed E-state index contributed by atoms with van der Waals surface area (Å²) < 4.78 is 12.1. The number of hydrogen-bond donors (Lipinski definition) is 2. The SMILES string of the molecule is C[C@H](CO)[C@H]1CCC2C3C(O)C[C@H]4CC5(CC[C@]4(C)C3CC[C@@]21C)OCCO5. The van der Waals surface area contributed by atoms with Crippen LogP contribution in [-0.2, 0) is 9.47 Å². The minimum Gasteiger partial charge on any atom is -0.396 e. The molecule has 0 bridgehead atoms. The lowest BCUT2D eigenvalue weighted by Gasteiger charge is -2.63. The first-order chi connectivity index (χ1) is 13.3. The third-order valence-corrected chi connectivity index (χ3v) is 10.5. The molecule has 1 aliphatic heterocycles. The van der Waals surface area contributed by atoms with E-state index in [1.807, 2.05) is 0 Å². The van der Waals surface area contributed by atoms with E-state index in [1.165, 1.54) is 32.1 Å². The highest BCUT2D eigenvalue weighted by Gasteiger charge is 2.64. The van der Waals surface area contributed by atoms with Gasteiger partial charge >= 0.3 is 0 Å². The van der Waals surface area contributed by atoms with E-state index in [2.05, 4.69) is 20.8 Å². The van der Waals surface area contributed by atoms with Gasteiger partial charge in [-0.25, -0.2) is 0 Å². The number of aliphatic hydroxyl groups is 2. The van der Waals surface area contributed by atoms with Gasteiger partial charge in [-0.05, 0) is 84.9 Å². The molecule has 0 radical (unpaired) electrons. The fraction of sp³-hybridized carbons (Fsp3) is 1.00. The molecule has 1 heterocycles. The van der Waals surface area contributed by atoms with E-state index in [0.29, 0.717) is 52.9 Å². The van der Waals surface area contributed by atoms with Gasteiger partial charge in [0.15, 0.2) is 5.79 Å². The molecule has 4 aliphatic carbocycles. The van der Waals surface area contributed by atoms with E-state index in [-0.39, 0.29) is 11.9 Å². The van der Waals surface area contributed by atoms with Crippen molar-refractivity contribution in [1.82, 2.24) is 0 Å². The first kappa shape index (κ1) is 19.8. The number of fused-ring (bicyclic) bond motifs is 5. The Bertz CT molecular complexity index is 601. The van der Waals surface area contributed by atoms with Crippen LogP contribution in [0.2, 0.25) is 0 Å². The summed E-state index contributed by atoms with van der Waals surface area (Å²) in [6, 6.07) is 0. The van der Waals surface area contributed by atoms with Crippen molar-refractivity contribution in [2.24, 2.45) is 46.3 Å². The van der Waals surface area contributed by atoms with Crippen LogP contribution in [0.15, 0.2) is 0 Å². The van der Waals surface area contributed by atoms with Crippen LogP contribution < -0.4 is 0 Å². The first-order valence-corrected chi connectivity index (χ1v) is 11.9. The van der Waals surface area contributed by atoms with E-state index >= 15 is 0 Å². The lowest BCUT2D eigenvalue weighted by Crippen LogP contribution is -2.60. The molecule has 0 aromatic rings. The van der Waals surface area contributed by atoms with Crippen LogP contribution >= 0.6 is 0 Å². The Balaban J connectivity index is 1.42. The largest absolute Gasteiger partial charge is 0.396 e. The standard InChI is InChI=1S/C24H40O4/c1-15(14-25)17-4-5-18-21-19(6-7-23(17,18)3)22(2)8-9-24(27-10-11-28-24)13-16(22)12-20(21)26/h15-21,25-26H,4-14H2,1-3H3/t15-,16+,17-,18?,19?,20?,21?,22+,23-/m1/s1. The summed E-state index contributed by atoms with van der Waals surface area (Å²) in [6.45, 7) is 8.97. The van der Waals surface area contributed by atoms with Crippen molar-refractivity contribution in [3.8, 4) is 0 Å². The van der Waals surface area contributed by atoms with Gasteiger partial charge in [0.25, 0.3) is 0 Å². The zero-order valence-electron chi connectivity index (χ0n) is 18.0. The van der Waals surface area contributed by atoms with E-state index < -0.39 is 0 Å². The van der Waals surface area contributed by atoms with Crippen molar-refractivity contribution in [2.45, 2.75) is 84.0 Å².